The highest BCUT2D eigenvalue weighted by Crippen LogP contribution is 2.33. The molecule has 0 spiro atoms. The molecule has 0 bridgehead atoms. The van der Waals surface area contributed by atoms with E-state index in [1.807, 2.05) is 6.07 Å². The van der Waals surface area contributed by atoms with Crippen molar-refractivity contribution in [1.29, 1.82) is 5.26 Å². The first kappa shape index (κ1) is 17.7. The van der Waals surface area contributed by atoms with Crippen LogP contribution in [0.15, 0.2) is 24.3 Å². The number of rotatable bonds is 6. The topological polar surface area (TPSA) is 123 Å². The molecule has 1 aromatic carbocycles. The van der Waals surface area contributed by atoms with Gasteiger partial charge in [0.2, 0.25) is 0 Å². The molecule has 0 aliphatic carbocycles. The van der Waals surface area contributed by atoms with Crippen LogP contribution in [-0.2, 0) is 4.74 Å². The van der Waals surface area contributed by atoms with E-state index in [2.05, 4.69) is 0 Å². The highest BCUT2D eigenvalue weighted by molar-refractivity contribution is 5.29. The highest BCUT2D eigenvalue weighted by Gasteiger charge is 2.43. The first-order valence-corrected chi connectivity index (χ1v) is 7.48. The van der Waals surface area contributed by atoms with E-state index in [1.165, 1.54) is 0 Å². The molecule has 0 saturated carbocycles. The maximum Gasteiger partial charge on any atom is 0.119 e. The van der Waals surface area contributed by atoms with Crippen LogP contribution >= 0.6 is 0 Å². The van der Waals surface area contributed by atoms with Gasteiger partial charge in [0.05, 0.1) is 19.3 Å². The Morgan fingerprint density at radius 1 is 1.09 bits per heavy atom. The van der Waals surface area contributed by atoms with E-state index in [1.54, 1.807) is 24.3 Å². The summed E-state index contributed by atoms with van der Waals surface area (Å²) in [4.78, 5) is 0. The average Bonchev–Trinajstić information content (AvgIpc) is 2.58. The van der Waals surface area contributed by atoms with Crippen LogP contribution in [0.4, 0.5) is 0 Å². The summed E-state index contributed by atoms with van der Waals surface area (Å²) in [5.41, 5.74) is 0.603. The van der Waals surface area contributed by atoms with Crippen molar-refractivity contribution >= 4 is 0 Å². The van der Waals surface area contributed by atoms with Gasteiger partial charge in [-0.3, -0.25) is 0 Å². The van der Waals surface area contributed by atoms with Crippen molar-refractivity contribution in [3.8, 4) is 11.8 Å². The fourth-order valence-electron chi connectivity index (χ4n) is 2.47. The molecule has 126 valence electrons. The molecule has 1 aliphatic rings. The fraction of sp³-hybridized carbons (Fsp3) is 0.562. The third kappa shape index (κ3) is 4.19. The van der Waals surface area contributed by atoms with Crippen molar-refractivity contribution in [3.63, 3.8) is 0 Å². The number of nitrogens with zero attached hydrogens (tertiary/aromatic N) is 1. The summed E-state index contributed by atoms with van der Waals surface area (Å²) < 4.78 is 11.0. The molecule has 7 heteroatoms. The molecule has 23 heavy (non-hydrogen) atoms. The Kier molecular flexibility index (Phi) is 6.33. The van der Waals surface area contributed by atoms with Gasteiger partial charge < -0.3 is 29.9 Å². The van der Waals surface area contributed by atoms with Gasteiger partial charge in [-0.25, -0.2) is 0 Å². The molecule has 1 aromatic rings. The minimum atomic E-state index is -1.40. The number of ether oxygens (including phenoxy) is 2. The van der Waals surface area contributed by atoms with Crippen LogP contribution in [0, 0.1) is 11.3 Å². The molecule has 1 unspecified atom stereocenters. The van der Waals surface area contributed by atoms with Crippen molar-refractivity contribution in [3.05, 3.63) is 29.8 Å². The van der Waals surface area contributed by atoms with Gasteiger partial charge in [0, 0.05) is 6.42 Å². The second kappa shape index (κ2) is 8.24. The summed E-state index contributed by atoms with van der Waals surface area (Å²) >= 11 is 0. The van der Waals surface area contributed by atoms with E-state index in [0.29, 0.717) is 30.8 Å². The summed E-state index contributed by atoms with van der Waals surface area (Å²) in [5, 5.41) is 47.3. The number of hydrogen-bond donors (Lipinski definition) is 4. The average molecular weight is 323 g/mol. The lowest BCUT2D eigenvalue weighted by Crippen LogP contribution is -2.55. The number of benzene rings is 1. The second-order valence-electron chi connectivity index (χ2n) is 5.43. The first-order chi connectivity index (χ1) is 11.1. The molecule has 7 nitrogen and oxygen atoms in total. The summed E-state index contributed by atoms with van der Waals surface area (Å²) in [5.74, 6) is 0.622. The van der Waals surface area contributed by atoms with Crippen LogP contribution < -0.4 is 4.74 Å². The predicted octanol–water partition coefficient (Wildman–Crippen LogP) is -0.116. The van der Waals surface area contributed by atoms with Crippen LogP contribution in [-0.4, -0.2) is 58.1 Å². The van der Waals surface area contributed by atoms with E-state index in [0.717, 1.165) is 0 Å². The van der Waals surface area contributed by atoms with Gasteiger partial charge in [-0.1, -0.05) is 12.1 Å². The molecule has 1 saturated heterocycles. The van der Waals surface area contributed by atoms with Crippen molar-refractivity contribution in [2.24, 2.45) is 0 Å². The minimum Gasteiger partial charge on any atom is -0.494 e. The number of hydrogen-bond acceptors (Lipinski definition) is 7. The molecule has 0 radical (unpaired) electrons. The van der Waals surface area contributed by atoms with E-state index >= 15 is 0 Å². The smallest absolute Gasteiger partial charge is 0.119 e. The van der Waals surface area contributed by atoms with Crippen molar-refractivity contribution in [2.45, 2.75) is 43.4 Å². The Bertz CT molecular complexity index is 526. The Morgan fingerprint density at radius 3 is 2.39 bits per heavy atom. The van der Waals surface area contributed by atoms with Crippen molar-refractivity contribution < 1.29 is 29.9 Å². The SMILES string of the molecule is N#CCCCOc1ccc(C2O[C@H](CO)[C@@H](O)[C@H](O)[C@@H]2O)cc1. The molecular formula is C16H21NO6. The minimum absolute atomic E-state index is 0.433. The maximum absolute atomic E-state index is 10.1. The normalized spacial score (nSPS) is 30.7. The van der Waals surface area contributed by atoms with Gasteiger partial charge in [-0.05, 0) is 24.1 Å². The molecule has 1 heterocycles. The van der Waals surface area contributed by atoms with Gasteiger partial charge in [-0.2, -0.15) is 5.26 Å². The zero-order valence-electron chi connectivity index (χ0n) is 12.6. The van der Waals surface area contributed by atoms with Crippen LogP contribution in [0.3, 0.4) is 0 Å². The number of aliphatic hydroxyl groups excluding tert-OH is 4. The summed E-state index contributed by atoms with van der Waals surface area (Å²) in [6.45, 7) is -0.0194. The van der Waals surface area contributed by atoms with E-state index in [9.17, 15) is 20.4 Å². The highest BCUT2D eigenvalue weighted by atomic mass is 16.5. The standard InChI is InChI=1S/C16H21NO6/c17-7-1-2-8-22-11-5-3-10(4-6-11)16-15(21)14(20)13(19)12(9-18)23-16/h3-6,12-16,18-21H,1-2,8-9H2/t12-,13-,14+,15+,16?/m1/s1. The molecule has 1 fully saturated rings. The molecule has 2 rings (SSSR count). The van der Waals surface area contributed by atoms with Gasteiger partial charge >= 0.3 is 0 Å². The maximum atomic E-state index is 10.1. The zero-order chi connectivity index (χ0) is 16.8. The van der Waals surface area contributed by atoms with Crippen molar-refractivity contribution in [2.75, 3.05) is 13.2 Å². The summed E-state index contributed by atoms with van der Waals surface area (Å²) in [6.07, 6.45) is -4.76. The van der Waals surface area contributed by atoms with Crippen LogP contribution in [0.1, 0.15) is 24.5 Å². The first-order valence-electron chi connectivity index (χ1n) is 7.48. The predicted molar refractivity (Wildman–Crippen MR) is 79.5 cm³/mol. The number of aliphatic hydroxyl groups is 4. The quantitative estimate of drug-likeness (QED) is 0.538. The molecular weight excluding hydrogens is 302 g/mol. The number of unbranched alkanes of at least 4 members (excludes halogenated alkanes) is 1. The van der Waals surface area contributed by atoms with E-state index in [4.69, 9.17) is 14.7 Å². The van der Waals surface area contributed by atoms with Gasteiger partial charge in [0.15, 0.2) is 0 Å². The third-order valence-corrected chi connectivity index (χ3v) is 3.80. The number of nitriles is 1. The fourth-order valence-corrected chi connectivity index (χ4v) is 2.47. The Balaban J connectivity index is 2.02. The van der Waals surface area contributed by atoms with E-state index < -0.39 is 37.1 Å². The molecule has 0 aromatic heterocycles. The van der Waals surface area contributed by atoms with Crippen LogP contribution in [0.25, 0.3) is 0 Å². The largest absolute Gasteiger partial charge is 0.494 e. The molecule has 0 amide bonds. The third-order valence-electron chi connectivity index (χ3n) is 3.80. The van der Waals surface area contributed by atoms with E-state index in [-0.39, 0.29) is 0 Å². The molecule has 4 N–H and O–H groups in total. The summed E-state index contributed by atoms with van der Waals surface area (Å²) in [7, 11) is 0. The monoisotopic (exact) mass is 323 g/mol. The van der Waals surface area contributed by atoms with Crippen molar-refractivity contribution in [1.82, 2.24) is 0 Å². The lowest BCUT2D eigenvalue weighted by Gasteiger charge is -2.40. The van der Waals surface area contributed by atoms with Gasteiger partial charge in [0.25, 0.3) is 0 Å². The summed E-state index contributed by atoms with van der Waals surface area (Å²) in [6, 6.07) is 8.81. The van der Waals surface area contributed by atoms with Crippen LogP contribution in [0.5, 0.6) is 5.75 Å². The zero-order valence-corrected chi connectivity index (χ0v) is 12.6. The lowest BCUT2D eigenvalue weighted by molar-refractivity contribution is -0.231. The van der Waals surface area contributed by atoms with Gasteiger partial charge in [-0.15, -0.1) is 0 Å². The lowest BCUT2D eigenvalue weighted by atomic mass is 9.91. The Morgan fingerprint density at radius 2 is 1.78 bits per heavy atom. The van der Waals surface area contributed by atoms with Gasteiger partial charge in [0.1, 0.15) is 36.3 Å². The Labute approximate surface area is 134 Å². The Hall–Kier alpha value is -1.69. The molecule has 5 atom stereocenters. The second-order valence-corrected chi connectivity index (χ2v) is 5.43. The molecule has 1 aliphatic heterocycles. The van der Waals surface area contributed by atoms with Crippen LogP contribution in [0.2, 0.25) is 0 Å².